The van der Waals surface area contributed by atoms with Crippen LogP contribution in [0.2, 0.25) is 0 Å². The van der Waals surface area contributed by atoms with Gasteiger partial charge in [0.15, 0.2) is 0 Å². The Morgan fingerprint density at radius 3 is 2.58 bits per heavy atom. The van der Waals surface area contributed by atoms with Crippen molar-refractivity contribution >= 4 is 11.0 Å². The summed E-state index contributed by atoms with van der Waals surface area (Å²) in [5.74, 6) is 1.30. The van der Waals surface area contributed by atoms with Gasteiger partial charge in [0.1, 0.15) is 23.7 Å². The van der Waals surface area contributed by atoms with Crippen LogP contribution in [0.4, 0.5) is 0 Å². The fraction of sp³-hybridized carbons (Fsp3) is 0.190. The van der Waals surface area contributed by atoms with Crippen LogP contribution >= 0.6 is 0 Å². The molecule has 24 heavy (non-hydrogen) atoms. The van der Waals surface area contributed by atoms with E-state index in [9.17, 15) is 4.79 Å². The zero-order valence-corrected chi connectivity index (χ0v) is 14.1. The molecule has 0 N–H and O–H groups in total. The number of hydrogen-bond acceptors (Lipinski definition) is 3. The first-order chi connectivity index (χ1) is 11.6. The Bertz CT molecular complexity index is 946. The Balaban J connectivity index is 2.05. The number of aryl methyl sites for hydroxylation is 1. The van der Waals surface area contributed by atoms with Crippen LogP contribution in [0.5, 0.6) is 5.75 Å². The molecule has 3 heteroatoms. The third-order valence-corrected chi connectivity index (χ3v) is 3.84. The molecule has 0 aliphatic carbocycles. The highest BCUT2D eigenvalue weighted by atomic mass is 16.5. The maximum Gasteiger partial charge on any atom is 0.200 e. The van der Waals surface area contributed by atoms with Gasteiger partial charge in [-0.25, -0.2) is 0 Å². The van der Waals surface area contributed by atoms with E-state index in [4.69, 9.17) is 9.15 Å². The Morgan fingerprint density at radius 2 is 1.88 bits per heavy atom. The van der Waals surface area contributed by atoms with E-state index in [1.807, 2.05) is 63.2 Å². The van der Waals surface area contributed by atoms with Gasteiger partial charge in [0, 0.05) is 6.07 Å². The average Bonchev–Trinajstić information content (AvgIpc) is 2.55. The number of hydrogen-bond donors (Lipinski definition) is 0. The monoisotopic (exact) mass is 320 g/mol. The summed E-state index contributed by atoms with van der Waals surface area (Å²) >= 11 is 0. The molecular formula is C21H20O3. The minimum Gasteiger partial charge on any atom is -0.489 e. The van der Waals surface area contributed by atoms with Gasteiger partial charge in [-0.3, -0.25) is 4.79 Å². The first-order valence-corrected chi connectivity index (χ1v) is 7.95. The van der Waals surface area contributed by atoms with Crippen LogP contribution in [0.1, 0.15) is 19.6 Å². The molecule has 0 aliphatic rings. The number of ether oxygens (including phenoxy) is 1. The van der Waals surface area contributed by atoms with Crippen molar-refractivity contribution in [2.75, 3.05) is 6.61 Å². The lowest BCUT2D eigenvalue weighted by atomic mass is 10.0. The average molecular weight is 320 g/mol. The normalized spacial score (nSPS) is 10.6. The van der Waals surface area contributed by atoms with Gasteiger partial charge in [-0.05, 0) is 44.5 Å². The van der Waals surface area contributed by atoms with Crippen molar-refractivity contribution in [1.29, 1.82) is 0 Å². The van der Waals surface area contributed by atoms with Crippen molar-refractivity contribution in [3.05, 3.63) is 76.2 Å². The quantitative estimate of drug-likeness (QED) is 0.627. The third-order valence-electron chi connectivity index (χ3n) is 3.84. The van der Waals surface area contributed by atoms with Crippen LogP contribution in [0.15, 0.2) is 69.4 Å². The highest BCUT2D eigenvalue weighted by Crippen LogP contribution is 2.26. The van der Waals surface area contributed by atoms with E-state index in [1.54, 1.807) is 12.1 Å². The van der Waals surface area contributed by atoms with Crippen LogP contribution in [0.3, 0.4) is 0 Å². The zero-order valence-electron chi connectivity index (χ0n) is 14.1. The topological polar surface area (TPSA) is 39.4 Å². The van der Waals surface area contributed by atoms with Crippen LogP contribution in [-0.4, -0.2) is 6.61 Å². The van der Waals surface area contributed by atoms with E-state index < -0.39 is 0 Å². The van der Waals surface area contributed by atoms with Gasteiger partial charge < -0.3 is 9.15 Å². The molecule has 0 saturated heterocycles. The van der Waals surface area contributed by atoms with Gasteiger partial charge in [-0.15, -0.1) is 0 Å². The summed E-state index contributed by atoms with van der Waals surface area (Å²) in [6, 6.07) is 14.9. The molecule has 3 nitrogen and oxygen atoms in total. The molecule has 0 bridgehead atoms. The molecule has 0 amide bonds. The van der Waals surface area contributed by atoms with Crippen LogP contribution in [-0.2, 0) is 0 Å². The van der Waals surface area contributed by atoms with Crippen molar-refractivity contribution in [3.8, 4) is 16.9 Å². The Hall–Kier alpha value is -2.81. The molecule has 0 saturated carbocycles. The first-order valence-electron chi connectivity index (χ1n) is 7.95. The number of allylic oxidation sites excluding steroid dienone is 1. The number of benzene rings is 2. The van der Waals surface area contributed by atoms with Crippen LogP contribution in [0, 0.1) is 6.92 Å². The molecule has 1 heterocycles. The van der Waals surface area contributed by atoms with Gasteiger partial charge in [-0.1, -0.05) is 35.9 Å². The maximum absolute atomic E-state index is 12.9. The molecule has 0 unspecified atom stereocenters. The summed E-state index contributed by atoms with van der Waals surface area (Å²) in [6.45, 7) is 6.37. The van der Waals surface area contributed by atoms with Crippen molar-refractivity contribution in [1.82, 2.24) is 0 Å². The highest BCUT2D eigenvalue weighted by molar-refractivity contribution is 5.83. The van der Waals surface area contributed by atoms with E-state index in [0.717, 1.165) is 5.56 Å². The summed E-state index contributed by atoms with van der Waals surface area (Å²) in [5.41, 5.74) is 3.21. The van der Waals surface area contributed by atoms with Gasteiger partial charge in [0.25, 0.3) is 0 Å². The summed E-state index contributed by atoms with van der Waals surface area (Å²) in [5, 5.41) is 0.564. The molecule has 0 radical (unpaired) electrons. The second kappa shape index (κ2) is 6.75. The van der Waals surface area contributed by atoms with E-state index in [2.05, 4.69) is 0 Å². The van der Waals surface area contributed by atoms with Crippen molar-refractivity contribution < 1.29 is 9.15 Å². The number of rotatable bonds is 4. The lowest BCUT2D eigenvalue weighted by molar-refractivity contribution is 0.361. The summed E-state index contributed by atoms with van der Waals surface area (Å²) in [7, 11) is 0. The molecule has 3 rings (SSSR count). The van der Waals surface area contributed by atoms with E-state index in [0.29, 0.717) is 34.6 Å². The third kappa shape index (κ3) is 3.25. The van der Waals surface area contributed by atoms with E-state index in [-0.39, 0.29) is 5.43 Å². The molecule has 1 aromatic heterocycles. The lowest BCUT2D eigenvalue weighted by Crippen LogP contribution is -2.07. The summed E-state index contributed by atoms with van der Waals surface area (Å²) < 4.78 is 11.6. The van der Waals surface area contributed by atoms with Gasteiger partial charge >= 0.3 is 0 Å². The molecule has 0 aliphatic heterocycles. The Kier molecular flexibility index (Phi) is 4.52. The molecular weight excluding hydrogens is 300 g/mol. The minimum atomic E-state index is -0.0178. The van der Waals surface area contributed by atoms with E-state index in [1.165, 1.54) is 5.57 Å². The highest BCUT2D eigenvalue weighted by Gasteiger charge is 2.13. The largest absolute Gasteiger partial charge is 0.489 e. The van der Waals surface area contributed by atoms with Crippen LogP contribution in [0.25, 0.3) is 22.1 Å². The Labute approximate surface area is 141 Å². The SMILES string of the molecule is CC(C)=CCOc1ccc2c(=O)c(-c3ccccc3)c(C)oc2c1. The molecule has 0 fully saturated rings. The van der Waals surface area contributed by atoms with Gasteiger partial charge in [-0.2, -0.15) is 0 Å². The fourth-order valence-corrected chi connectivity index (χ4v) is 2.62. The minimum absolute atomic E-state index is 0.0178. The fourth-order valence-electron chi connectivity index (χ4n) is 2.62. The van der Waals surface area contributed by atoms with Gasteiger partial charge in [0.05, 0.1) is 10.9 Å². The predicted octanol–water partition coefficient (Wildman–Crippen LogP) is 5.11. The van der Waals surface area contributed by atoms with Gasteiger partial charge in [0.2, 0.25) is 5.43 Å². The summed E-state index contributed by atoms with van der Waals surface area (Å²) in [6.07, 6.45) is 2.00. The molecule has 2 aromatic carbocycles. The smallest absolute Gasteiger partial charge is 0.200 e. The second-order valence-electron chi connectivity index (χ2n) is 5.98. The zero-order chi connectivity index (χ0) is 17.1. The molecule has 122 valence electrons. The number of fused-ring (bicyclic) bond motifs is 1. The summed E-state index contributed by atoms with van der Waals surface area (Å²) in [4.78, 5) is 12.9. The van der Waals surface area contributed by atoms with Crippen LogP contribution < -0.4 is 10.2 Å². The Morgan fingerprint density at radius 1 is 1.12 bits per heavy atom. The lowest BCUT2D eigenvalue weighted by Gasteiger charge is -2.09. The maximum atomic E-state index is 12.9. The van der Waals surface area contributed by atoms with Crippen molar-refractivity contribution in [2.24, 2.45) is 0 Å². The molecule has 3 aromatic rings. The molecule has 0 atom stereocenters. The molecule has 0 spiro atoms. The first kappa shape index (κ1) is 16.1. The standard InChI is InChI=1S/C21H20O3/c1-14(2)11-12-23-17-9-10-18-19(13-17)24-15(3)20(21(18)22)16-7-5-4-6-8-16/h4-11,13H,12H2,1-3H3. The van der Waals surface area contributed by atoms with E-state index >= 15 is 0 Å². The predicted molar refractivity (Wildman–Crippen MR) is 97.6 cm³/mol. The van der Waals surface area contributed by atoms with Crippen molar-refractivity contribution in [2.45, 2.75) is 20.8 Å². The van der Waals surface area contributed by atoms with Crippen molar-refractivity contribution in [3.63, 3.8) is 0 Å². The second-order valence-corrected chi connectivity index (χ2v) is 5.98.